The Bertz CT molecular complexity index is 283. The Hall–Kier alpha value is -1.14. The normalized spacial score (nSPS) is 21.8. The zero-order valence-electron chi connectivity index (χ0n) is 9.73. The molecule has 16 heavy (non-hydrogen) atoms. The smallest absolute Gasteiger partial charge is 0.336 e. The van der Waals surface area contributed by atoms with Gasteiger partial charge in [0.05, 0.1) is 20.3 Å². The summed E-state index contributed by atoms with van der Waals surface area (Å²) in [6.45, 7) is 3.59. The molecule has 1 heterocycles. The molecule has 1 aliphatic rings. The predicted octanol–water partition coefficient (Wildman–Crippen LogP) is -0.842. The second-order valence-corrected chi connectivity index (χ2v) is 4.19. The predicted molar refractivity (Wildman–Crippen MR) is 54.6 cm³/mol. The number of rotatable bonds is 2. The summed E-state index contributed by atoms with van der Waals surface area (Å²) < 4.78 is 9.71. The fraction of sp³-hybridized carbons (Fsp3) is 0.800. The van der Waals surface area contributed by atoms with E-state index in [9.17, 15) is 14.7 Å². The molecular weight excluding hydrogens is 214 g/mol. The molecule has 1 unspecified atom stereocenters. The largest absolute Gasteiger partial charge is 0.467 e. The van der Waals surface area contributed by atoms with Crippen LogP contribution in [0.2, 0.25) is 0 Å². The zero-order valence-corrected chi connectivity index (χ0v) is 9.73. The fourth-order valence-corrected chi connectivity index (χ4v) is 1.49. The van der Waals surface area contributed by atoms with Gasteiger partial charge in [-0.15, -0.1) is 0 Å². The van der Waals surface area contributed by atoms with Crippen LogP contribution in [0.25, 0.3) is 0 Å². The number of methoxy groups -OCH3 is 1. The van der Waals surface area contributed by atoms with E-state index in [1.807, 2.05) is 0 Å². The van der Waals surface area contributed by atoms with Crippen molar-refractivity contribution in [3.8, 4) is 0 Å². The maximum absolute atomic E-state index is 11.7. The van der Waals surface area contributed by atoms with Gasteiger partial charge in [-0.25, -0.2) is 4.79 Å². The van der Waals surface area contributed by atoms with Gasteiger partial charge in [0.2, 0.25) is 0 Å². The Morgan fingerprint density at radius 1 is 1.50 bits per heavy atom. The number of ether oxygens (including phenoxy) is 2. The molecule has 1 rings (SSSR count). The quantitative estimate of drug-likeness (QED) is 0.627. The van der Waals surface area contributed by atoms with Crippen LogP contribution in [0.5, 0.6) is 0 Å². The molecule has 6 nitrogen and oxygen atoms in total. The summed E-state index contributed by atoms with van der Waals surface area (Å²) in [4.78, 5) is 24.4. The molecule has 1 fully saturated rings. The van der Waals surface area contributed by atoms with Gasteiger partial charge in [0, 0.05) is 6.54 Å². The van der Waals surface area contributed by atoms with Crippen molar-refractivity contribution in [1.29, 1.82) is 0 Å². The summed E-state index contributed by atoms with van der Waals surface area (Å²) in [5.41, 5.74) is -1.43. The van der Waals surface area contributed by atoms with E-state index in [2.05, 4.69) is 4.74 Å². The molecule has 0 spiro atoms. The maximum Gasteiger partial charge on any atom is 0.336 e. The second-order valence-electron chi connectivity index (χ2n) is 4.19. The molecular formula is C10H17NO5. The minimum atomic E-state index is -1.43. The number of nitrogens with zero attached hydrogens (tertiary/aromatic N) is 1. The average Bonchev–Trinajstić information content (AvgIpc) is 2.26. The maximum atomic E-state index is 11.7. The number of aliphatic hydroxyl groups is 1. The van der Waals surface area contributed by atoms with Crippen LogP contribution in [0.4, 0.5) is 0 Å². The fourth-order valence-electron chi connectivity index (χ4n) is 1.49. The van der Waals surface area contributed by atoms with Gasteiger partial charge < -0.3 is 19.5 Å². The molecule has 0 saturated carbocycles. The molecule has 0 aromatic heterocycles. The van der Waals surface area contributed by atoms with E-state index >= 15 is 0 Å². The summed E-state index contributed by atoms with van der Waals surface area (Å²) >= 11 is 0. The third kappa shape index (κ3) is 2.93. The summed E-state index contributed by atoms with van der Waals surface area (Å²) in [5, 5.41) is 9.57. The first-order valence-corrected chi connectivity index (χ1v) is 5.07. The number of esters is 1. The number of carbonyl (C=O) groups excluding carboxylic acids is 2. The van der Waals surface area contributed by atoms with Crippen molar-refractivity contribution in [3.63, 3.8) is 0 Å². The minimum absolute atomic E-state index is 0.121. The van der Waals surface area contributed by atoms with Gasteiger partial charge >= 0.3 is 5.97 Å². The molecule has 1 atom stereocenters. The molecule has 6 heteroatoms. The van der Waals surface area contributed by atoms with Crippen LogP contribution < -0.4 is 0 Å². The molecule has 1 amide bonds. The standard InChI is InChI=1S/C10H17NO5/c1-10(2,14)9(13)11-4-5-16-7(6-11)8(12)15-3/h7,14H,4-6H2,1-3H3. The monoisotopic (exact) mass is 231 g/mol. The number of amides is 1. The van der Waals surface area contributed by atoms with Crippen LogP contribution >= 0.6 is 0 Å². The molecule has 1 saturated heterocycles. The van der Waals surface area contributed by atoms with E-state index in [0.717, 1.165) is 0 Å². The highest BCUT2D eigenvalue weighted by atomic mass is 16.6. The number of carbonyl (C=O) groups is 2. The third-order valence-corrected chi connectivity index (χ3v) is 2.34. The van der Waals surface area contributed by atoms with Crippen molar-refractivity contribution in [1.82, 2.24) is 4.90 Å². The Morgan fingerprint density at radius 2 is 2.12 bits per heavy atom. The lowest BCUT2D eigenvalue weighted by Crippen LogP contribution is -2.54. The van der Waals surface area contributed by atoms with Crippen LogP contribution in [0.3, 0.4) is 0 Å². The number of morpholine rings is 1. The highest BCUT2D eigenvalue weighted by Crippen LogP contribution is 2.13. The molecule has 0 aromatic rings. The lowest BCUT2D eigenvalue weighted by atomic mass is 10.1. The first-order chi connectivity index (χ1) is 7.36. The first-order valence-electron chi connectivity index (χ1n) is 5.07. The van der Waals surface area contributed by atoms with E-state index < -0.39 is 23.6 Å². The van der Waals surface area contributed by atoms with Gasteiger partial charge in [0.15, 0.2) is 6.10 Å². The molecule has 0 aromatic carbocycles. The van der Waals surface area contributed by atoms with Crippen molar-refractivity contribution in [2.45, 2.75) is 25.6 Å². The molecule has 1 N–H and O–H groups in total. The molecule has 0 radical (unpaired) electrons. The van der Waals surface area contributed by atoms with Crippen LogP contribution in [0.1, 0.15) is 13.8 Å². The average molecular weight is 231 g/mol. The van der Waals surface area contributed by atoms with E-state index in [-0.39, 0.29) is 13.2 Å². The van der Waals surface area contributed by atoms with E-state index in [1.54, 1.807) is 0 Å². The van der Waals surface area contributed by atoms with Gasteiger partial charge in [0.1, 0.15) is 5.60 Å². The second kappa shape index (κ2) is 4.80. The minimum Gasteiger partial charge on any atom is -0.467 e. The highest BCUT2D eigenvalue weighted by Gasteiger charge is 2.35. The van der Waals surface area contributed by atoms with Crippen molar-refractivity contribution in [2.24, 2.45) is 0 Å². The SMILES string of the molecule is COC(=O)C1CN(C(=O)C(C)(C)O)CCO1. The topological polar surface area (TPSA) is 76.1 Å². The van der Waals surface area contributed by atoms with Gasteiger partial charge in [-0.1, -0.05) is 0 Å². The van der Waals surface area contributed by atoms with Crippen molar-refractivity contribution >= 4 is 11.9 Å². The van der Waals surface area contributed by atoms with Crippen LogP contribution in [0.15, 0.2) is 0 Å². The number of hydrogen-bond acceptors (Lipinski definition) is 5. The van der Waals surface area contributed by atoms with E-state index in [0.29, 0.717) is 6.54 Å². The van der Waals surface area contributed by atoms with Crippen LogP contribution in [-0.4, -0.2) is 60.4 Å². The molecule has 0 aliphatic carbocycles. The highest BCUT2D eigenvalue weighted by molar-refractivity contribution is 5.85. The van der Waals surface area contributed by atoms with Crippen LogP contribution in [0, 0.1) is 0 Å². The lowest BCUT2D eigenvalue weighted by Gasteiger charge is -2.34. The van der Waals surface area contributed by atoms with Gasteiger partial charge in [0.25, 0.3) is 5.91 Å². The number of hydrogen-bond donors (Lipinski definition) is 1. The summed E-state index contributed by atoms with van der Waals surface area (Å²) in [6.07, 6.45) is -0.759. The van der Waals surface area contributed by atoms with Crippen LogP contribution in [-0.2, 0) is 19.1 Å². The summed E-state index contributed by atoms with van der Waals surface area (Å²) in [6, 6.07) is 0. The third-order valence-electron chi connectivity index (χ3n) is 2.34. The molecule has 1 aliphatic heterocycles. The Kier molecular flexibility index (Phi) is 3.88. The summed E-state index contributed by atoms with van der Waals surface area (Å²) in [7, 11) is 1.27. The first kappa shape index (κ1) is 12.9. The zero-order chi connectivity index (χ0) is 12.3. The van der Waals surface area contributed by atoms with Gasteiger partial charge in [-0.3, -0.25) is 4.79 Å². The Morgan fingerprint density at radius 3 is 2.62 bits per heavy atom. The molecule has 92 valence electrons. The van der Waals surface area contributed by atoms with Crippen molar-refractivity contribution in [2.75, 3.05) is 26.8 Å². The lowest BCUT2D eigenvalue weighted by molar-refractivity contribution is -0.167. The van der Waals surface area contributed by atoms with Gasteiger partial charge in [-0.2, -0.15) is 0 Å². The van der Waals surface area contributed by atoms with Crippen molar-refractivity contribution in [3.05, 3.63) is 0 Å². The van der Waals surface area contributed by atoms with E-state index in [4.69, 9.17) is 4.74 Å². The van der Waals surface area contributed by atoms with Gasteiger partial charge in [-0.05, 0) is 13.8 Å². The molecule has 0 bridgehead atoms. The Labute approximate surface area is 94.1 Å². The Balaban J connectivity index is 2.64. The van der Waals surface area contributed by atoms with E-state index in [1.165, 1.54) is 25.9 Å². The summed E-state index contributed by atoms with van der Waals surface area (Å²) in [5.74, 6) is -0.919. The van der Waals surface area contributed by atoms with Crippen molar-refractivity contribution < 1.29 is 24.2 Å².